The summed E-state index contributed by atoms with van der Waals surface area (Å²) in [4.78, 5) is 28.0. The monoisotopic (exact) mass is 585 g/mol. The van der Waals surface area contributed by atoms with Gasteiger partial charge in [-0.05, 0) is 50.6 Å². The molecule has 15 heteroatoms. The quantitative estimate of drug-likeness (QED) is 0.344. The molecule has 0 radical (unpaired) electrons. The van der Waals surface area contributed by atoms with Crippen LogP contribution in [0.1, 0.15) is 38.2 Å². The van der Waals surface area contributed by atoms with Gasteiger partial charge in [0.15, 0.2) is 5.78 Å². The van der Waals surface area contributed by atoms with E-state index in [1.54, 1.807) is 13.8 Å². The minimum absolute atomic E-state index is 0.0256. The van der Waals surface area contributed by atoms with Crippen molar-refractivity contribution in [2.24, 2.45) is 0 Å². The van der Waals surface area contributed by atoms with Gasteiger partial charge in [-0.25, -0.2) is 32.2 Å². The third kappa shape index (κ3) is 6.75. The van der Waals surface area contributed by atoms with Crippen molar-refractivity contribution in [3.8, 4) is 17.3 Å². The predicted molar refractivity (Wildman–Crippen MR) is 131 cm³/mol. The van der Waals surface area contributed by atoms with Crippen molar-refractivity contribution in [1.82, 2.24) is 24.2 Å². The average molecular weight is 586 g/mol. The summed E-state index contributed by atoms with van der Waals surface area (Å²) in [6, 6.07) is 4.05. The van der Waals surface area contributed by atoms with Gasteiger partial charge in [0.1, 0.15) is 12.0 Å². The first-order chi connectivity index (χ1) is 18.7. The Balaban J connectivity index is 1.55. The van der Waals surface area contributed by atoms with Crippen molar-refractivity contribution in [2.75, 3.05) is 6.54 Å². The number of nitrogens with zero attached hydrogens (tertiary/aromatic N) is 5. The van der Waals surface area contributed by atoms with E-state index in [1.165, 1.54) is 6.07 Å². The zero-order valence-corrected chi connectivity index (χ0v) is 22.1. The predicted octanol–water partition coefficient (Wildman–Crippen LogP) is 4.18. The fourth-order valence-electron chi connectivity index (χ4n) is 4.09. The molecular formula is C25H24F5N5O4S. The maximum Gasteiger partial charge on any atom is 0.451 e. The molecule has 1 saturated heterocycles. The summed E-state index contributed by atoms with van der Waals surface area (Å²) < 4.78 is 98.7. The van der Waals surface area contributed by atoms with Crippen LogP contribution in [0.5, 0.6) is 6.01 Å². The summed E-state index contributed by atoms with van der Waals surface area (Å²) in [6.07, 6.45) is -5.33. The summed E-state index contributed by atoms with van der Waals surface area (Å²) in [7, 11) is -4.28. The van der Waals surface area contributed by atoms with Crippen molar-refractivity contribution < 1.29 is 39.9 Å². The Morgan fingerprint density at radius 2 is 1.77 bits per heavy atom. The van der Waals surface area contributed by atoms with Gasteiger partial charge in [0.05, 0.1) is 22.7 Å². The number of aryl methyl sites for hydroxylation is 1. The zero-order chi connectivity index (χ0) is 29.2. The first-order valence-electron chi connectivity index (χ1n) is 12.1. The lowest BCUT2D eigenvalue weighted by Gasteiger charge is -2.22. The summed E-state index contributed by atoms with van der Waals surface area (Å²) >= 11 is 0. The Morgan fingerprint density at radius 1 is 1.12 bits per heavy atom. The number of carbonyl (C=O) groups excluding carboxylic acids is 1. The van der Waals surface area contributed by atoms with Crippen molar-refractivity contribution in [1.29, 1.82) is 0 Å². The van der Waals surface area contributed by atoms with Crippen molar-refractivity contribution >= 4 is 15.8 Å². The van der Waals surface area contributed by atoms with Crippen LogP contribution in [0.4, 0.5) is 22.0 Å². The van der Waals surface area contributed by atoms with E-state index in [0.717, 1.165) is 41.0 Å². The van der Waals surface area contributed by atoms with Crippen LogP contribution in [0.3, 0.4) is 0 Å². The van der Waals surface area contributed by atoms with Crippen LogP contribution in [0.15, 0.2) is 47.6 Å². The highest BCUT2D eigenvalue weighted by atomic mass is 32.2. The number of hydrogen-bond donors (Lipinski definition) is 0. The molecule has 0 N–H and O–H groups in total. The summed E-state index contributed by atoms with van der Waals surface area (Å²) in [5.41, 5.74) is 0.563. The Hall–Kier alpha value is -3.59. The Kier molecular flexibility index (Phi) is 8.44. The number of Topliss-reactive ketones (excluding diaryl/α,β-unsaturated/α-hetero) is 1. The van der Waals surface area contributed by atoms with Gasteiger partial charge in [0.25, 0.3) is 0 Å². The van der Waals surface area contributed by atoms with Gasteiger partial charge in [-0.3, -0.25) is 4.79 Å². The zero-order valence-electron chi connectivity index (χ0n) is 21.3. The Morgan fingerprint density at radius 3 is 2.38 bits per heavy atom. The standard InChI is InChI=1S/C25H24F5N5O4S/c1-14(2)39-24-33-18(10-20(34-24)15-11-31-23(32-12-15)25(28,29)30)5-8-22(36)21-9-17(27)13-35(21)40(37,38)19-6-3-16(26)4-7-19/h3-4,6-7,10-12,14,17,21H,5,8-9,13H2,1-2H3/t17-,21+/m1/s1. The van der Waals surface area contributed by atoms with Crippen LogP contribution in [0.2, 0.25) is 0 Å². The van der Waals surface area contributed by atoms with Gasteiger partial charge in [-0.2, -0.15) is 22.5 Å². The summed E-state index contributed by atoms with van der Waals surface area (Å²) in [5.74, 6) is -2.53. The second-order valence-electron chi connectivity index (χ2n) is 9.33. The van der Waals surface area contributed by atoms with Gasteiger partial charge < -0.3 is 4.74 Å². The molecule has 1 fully saturated rings. The number of benzene rings is 1. The Bertz CT molecular complexity index is 1470. The van der Waals surface area contributed by atoms with Crippen LogP contribution in [-0.4, -0.2) is 63.3 Å². The minimum atomic E-state index is -4.72. The number of halogens is 5. The number of hydrogen-bond acceptors (Lipinski definition) is 8. The van der Waals surface area contributed by atoms with E-state index in [2.05, 4.69) is 19.9 Å². The van der Waals surface area contributed by atoms with Crippen molar-refractivity contribution in [3.63, 3.8) is 0 Å². The Labute approximate surface area is 226 Å². The molecule has 1 aliphatic rings. The number of alkyl halides is 4. The second-order valence-corrected chi connectivity index (χ2v) is 11.2. The number of rotatable bonds is 9. The van der Waals surface area contributed by atoms with Crippen molar-refractivity contribution in [3.05, 3.63) is 60.1 Å². The van der Waals surface area contributed by atoms with Crippen LogP contribution in [0, 0.1) is 5.82 Å². The van der Waals surface area contributed by atoms with Gasteiger partial charge in [0.2, 0.25) is 15.8 Å². The molecule has 40 heavy (non-hydrogen) atoms. The molecule has 214 valence electrons. The molecule has 1 aliphatic heterocycles. The number of aromatic nitrogens is 4. The molecular weight excluding hydrogens is 561 g/mol. The molecule has 0 unspecified atom stereocenters. The van der Waals surface area contributed by atoms with Crippen LogP contribution in [0.25, 0.3) is 11.3 Å². The van der Waals surface area contributed by atoms with Gasteiger partial charge in [-0.1, -0.05) is 0 Å². The maximum absolute atomic E-state index is 14.3. The molecule has 0 spiro atoms. The third-order valence-electron chi connectivity index (χ3n) is 5.93. The first kappa shape index (κ1) is 29.4. The molecule has 0 amide bonds. The average Bonchev–Trinajstić information content (AvgIpc) is 3.29. The van der Waals surface area contributed by atoms with Crippen LogP contribution >= 0.6 is 0 Å². The molecule has 4 rings (SSSR count). The van der Waals surface area contributed by atoms with E-state index < -0.39 is 52.4 Å². The molecule has 3 aromatic rings. The molecule has 2 aromatic heterocycles. The lowest BCUT2D eigenvalue weighted by molar-refractivity contribution is -0.145. The lowest BCUT2D eigenvalue weighted by Crippen LogP contribution is -2.40. The number of carbonyl (C=O) groups is 1. The molecule has 9 nitrogen and oxygen atoms in total. The number of ether oxygens (including phenoxy) is 1. The van der Waals surface area contributed by atoms with E-state index in [0.29, 0.717) is 0 Å². The van der Waals surface area contributed by atoms with E-state index in [-0.39, 0.29) is 53.2 Å². The topological polar surface area (TPSA) is 115 Å². The second kappa shape index (κ2) is 11.5. The van der Waals surface area contributed by atoms with E-state index in [4.69, 9.17) is 4.74 Å². The minimum Gasteiger partial charge on any atom is -0.461 e. The SMILES string of the molecule is CC(C)Oc1nc(CCC(=O)[C@@H]2C[C@@H](F)CN2S(=O)(=O)c2ccc(F)cc2)cc(-c2cnc(C(F)(F)F)nc2)n1. The molecule has 0 bridgehead atoms. The molecule has 1 aromatic carbocycles. The largest absolute Gasteiger partial charge is 0.461 e. The summed E-state index contributed by atoms with van der Waals surface area (Å²) in [5, 5.41) is 0. The third-order valence-corrected chi connectivity index (χ3v) is 7.81. The smallest absolute Gasteiger partial charge is 0.451 e. The fourth-order valence-corrected chi connectivity index (χ4v) is 5.74. The van der Waals surface area contributed by atoms with Crippen LogP contribution < -0.4 is 4.74 Å². The van der Waals surface area contributed by atoms with Gasteiger partial charge >= 0.3 is 12.2 Å². The van der Waals surface area contributed by atoms with Gasteiger partial charge in [-0.15, -0.1) is 0 Å². The van der Waals surface area contributed by atoms with Crippen molar-refractivity contribution in [2.45, 2.75) is 62.5 Å². The van der Waals surface area contributed by atoms with Crippen LogP contribution in [-0.2, 0) is 27.4 Å². The number of ketones is 1. The summed E-state index contributed by atoms with van der Waals surface area (Å²) in [6.45, 7) is 2.91. The normalized spacial score (nSPS) is 18.3. The van der Waals surface area contributed by atoms with E-state index in [9.17, 15) is 35.2 Å². The maximum atomic E-state index is 14.3. The first-order valence-corrected chi connectivity index (χ1v) is 13.6. The molecule has 0 aliphatic carbocycles. The highest BCUT2D eigenvalue weighted by molar-refractivity contribution is 7.89. The highest BCUT2D eigenvalue weighted by Crippen LogP contribution is 2.30. The molecule has 2 atom stereocenters. The number of sulfonamides is 1. The lowest BCUT2D eigenvalue weighted by atomic mass is 10.0. The molecule has 3 heterocycles. The fraction of sp³-hybridized carbons (Fsp3) is 0.400. The highest BCUT2D eigenvalue weighted by Gasteiger charge is 2.43. The van der Waals surface area contributed by atoms with E-state index in [1.807, 2.05) is 0 Å². The van der Waals surface area contributed by atoms with Gasteiger partial charge in [0, 0.05) is 43.0 Å². The molecule has 0 saturated carbocycles. The van der Waals surface area contributed by atoms with E-state index >= 15 is 0 Å².